The SMILES string of the molecule is O=C1C[C@@H](C(=O)N[C@@H]2CCCC[C@H]2N2Cc3ccc(-c4noc(C(F)(F)F)n4)cc3C2=O)CN1. The topological polar surface area (TPSA) is 117 Å². The third kappa shape index (κ3) is 4.12. The normalized spacial score (nSPS) is 24.8. The molecule has 3 amide bonds. The predicted molar refractivity (Wildman–Crippen MR) is 110 cm³/mol. The van der Waals surface area contributed by atoms with E-state index in [0.29, 0.717) is 18.7 Å². The van der Waals surface area contributed by atoms with E-state index in [2.05, 4.69) is 25.3 Å². The lowest BCUT2D eigenvalue weighted by molar-refractivity contribution is -0.159. The molecule has 0 bridgehead atoms. The number of halogens is 3. The molecule has 1 aromatic carbocycles. The lowest BCUT2D eigenvalue weighted by atomic mass is 9.88. The largest absolute Gasteiger partial charge is 0.471 e. The van der Waals surface area contributed by atoms with Gasteiger partial charge in [-0.2, -0.15) is 18.2 Å². The number of amides is 3. The van der Waals surface area contributed by atoms with Crippen molar-refractivity contribution in [2.45, 2.75) is 56.9 Å². The van der Waals surface area contributed by atoms with Crippen LogP contribution >= 0.6 is 0 Å². The third-order valence-corrected chi connectivity index (χ3v) is 6.67. The van der Waals surface area contributed by atoms with Crippen molar-refractivity contribution < 1.29 is 32.1 Å². The van der Waals surface area contributed by atoms with Crippen molar-refractivity contribution in [3.63, 3.8) is 0 Å². The van der Waals surface area contributed by atoms with E-state index < -0.39 is 18.0 Å². The Hall–Kier alpha value is -3.44. The summed E-state index contributed by atoms with van der Waals surface area (Å²) < 4.78 is 42.7. The van der Waals surface area contributed by atoms with Gasteiger partial charge in [0.15, 0.2) is 0 Å². The van der Waals surface area contributed by atoms with Crippen LogP contribution in [-0.2, 0) is 22.3 Å². The summed E-state index contributed by atoms with van der Waals surface area (Å²) >= 11 is 0. The molecule has 12 heteroatoms. The fraction of sp³-hybridized carbons (Fsp3) is 0.500. The molecule has 1 saturated carbocycles. The lowest BCUT2D eigenvalue weighted by Crippen LogP contribution is -2.54. The summed E-state index contributed by atoms with van der Waals surface area (Å²) in [5.41, 5.74) is 1.37. The molecule has 2 fully saturated rings. The van der Waals surface area contributed by atoms with Gasteiger partial charge in [-0.1, -0.05) is 30.1 Å². The molecule has 1 aromatic heterocycles. The molecule has 0 unspecified atom stereocenters. The van der Waals surface area contributed by atoms with Crippen LogP contribution in [-0.4, -0.2) is 51.4 Å². The van der Waals surface area contributed by atoms with Gasteiger partial charge in [0, 0.05) is 36.7 Å². The summed E-state index contributed by atoms with van der Waals surface area (Å²) in [5, 5.41) is 9.10. The number of rotatable bonds is 4. The maximum atomic E-state index is 13.3. The Balaban J connectivity index is 1.33. The molecule has 2 N–H and O–H groups in total. The molecule has 9 nitrogen and oxygen atoms in total. The van der Waals surface area contributed by atoms with Gasteiger partial charge in [-0.3, -0.25) is 14.4 Å². The number of nitrogens with zero attached hydrogens (tertiary/aromatic N) is 3. The third-order valence-electron chi connectivity index (χ3n) is 6.67. The first-order chi connectivity index (χ1) is 16.2. The molecular weight excluding hydrogens is 455 g/mol. The molecule has 34 heavy (non-hydrogen) atoms. The van der Waals surface area contributed by atoms with Crippen molar-refractivity contribution in [1.29, 1.82) is 0 Å². The molecule has 1 aliphatic carbocycles. The first-order valence-electron chi connectivity index (χ1n) is 11.1. The first-order valence-corrected chi connectivity index (χ1v) is 11.1. The molecule has 2 aliphatic heterocycles. The van der Waals surface area contributed by atoms with Crippen LogP contribution in [0.4, 0.5) is 13.2 Å². The van der Waals surface area contributed by atoms with Crippen molar-refractivity contribution >= 4 is 17.7 Å². The highest BCUT2D eigenvalue weighted by atomic mass is 19.4. The number of hydrogen-bond acceptors (Lipinski definition) is 6. The Labute approximate surface area is 192 Å². The van der Waals surface area contributed by atoms with E-state index in [-0.39, 0.29) is 47.6 Å². The monoisotopic (exact) mass is 477 g/mol. The van der Waals surface area contributed by atoms with E-state index in [1.54, 1.807) is 17.0 Å². The summed E-state index contributed by atoms with van der Waals surface area (Å²) in [7, 11) is 0. The second kappa shape index (κ2) is 8.41. The molecule has 3 heterocycles. The highest BCUT2D eigenvalue weighted by molar-refractivity contribution is 5.99. The second-order valence-electron chi connectivity index (χ2n) is 8.90. The van der Waals surface area contributed by atoms with Gasteiger partial charge in [-0.25, -0.2) is 0 Å². The van der Waals surface area contributed by atoms with Crippen molar-refractivity contribution in [1.82, 2.24) is 25.7 Å². The standard InChI is InChI=1S/C22H22F3N5O4/c23-22(24,25)21-28-18(29-34-21)11-5-6-12-10-30(20(33)14(12)7-11)16-4-2-1-3-15(16)27-19(32)13-8-17(31)26-9-13/h5-7,13,15-16H,1-4,8-10H2,(H,26,31)(H,27,32)/t13-,15-,16-/m1/s1. The molecule has 3 atom stereocenters. The number of aromatic nitrogens is 2. The maximum absolute atomic E-state index is 13.3. The Morgan fingerprint density at radius 2 is 2.00 bits per heavy atom. The van der Waals surface area contributed by atoms with Gasteiger partial charge >= 0.3 is 12.1 Å². The highest BCUT2D eigenvalue weighted by Crippen LogP contribution is 2.34. The first kappa shape index (κ1) is 22.4. The zero-order chi connectivity index (χ0) is 24.0. The fourth-order valence-corrected chi connectivity index (χ4v) is 4.93. The zero-order valence-corrected chi connectivity index (χ0v) is 18.0. The van der Waals surface area contributed by atoms with Gasteiger partial charge in [0.2, 0.25) is 17.6 Å². The number of fused-ring (bicyclic) bond motifs is 1. The maximum Gasteiger partial charge on any atom is 0.471 e. The van der Waals surface area contributed by atoms with Crippen LogP contribution in [0.3, 0.4) is 0 Å². The van der Waals surface area contributed by atoms with Crippen LogP contribution in [0.15, 0.2) is 22.7 Å². The Morgan fingerprint density at radius 3 is 2.71 bits per heavy atom. The summed E-state index contributed by atoms with van der Waals surface area (Å²) in [5.74, 6) is -2.70. The molecule has 0 radical (unpaired) electrons. The molecule has 180 valence electrons. The van der Waals surface area contributed by atoms with Gasteiger partial charge < -0.3 is 20.1 Å². The van der Waals surface area contributed by atoms with Gasteiger partial charge in [0.25, 0.3) is 5.91 Å². The van der Waals surface area contributed by atoms with E-state index >= 15 is 0 Å². The predicted octanol–water partition coefficient (Wildman–Crippen LogP) is 2.27. The fourth-order valence-electron chi connectivity index (χ4n) is 4.93. The minimum atomic E-state index is -4.75. The smallest absolute Gasteiger partial charge is 0.355 e. The van der Waals surface area contributed by atoms with Crippen molar-refractivity contribution in [2.24, 2.45) is 5.92 Å². The van der Waals surface area contributed by atoms with Crippen LogP contribution < -0.4 is 10.6 Å². The average Bonchev–Trinajstić information content (AvgIpc) is 3.53. The van der Waals surface area contributed by atoms with Gasteiger partial charge in [-0.15, -0.1) is 0 Å². The number of carbonyl (C=O) groups is 3. The Kier molecular flexibility index (Phi) is 5.53. The molecular formula is C22H22F3N5O4. The highest BCUT2D eigenvalue weighted by Gasteiger charge is 2.41. The average molecular weight is 477 g/mol. The van der Waals surface area contributed by atoms with E-state index in [1.165, 1.54) is 6.07 Å². The minimum absolute atomic E-state index is 0.148. The molecule has 2 aromatic rings. The van der Waals surface area contributed by atoms with Crippen LogP contribution in [0.2, 0.25) is 0 Å². The summed E-state index contributed by atoms with van der Waals surface area (Å²) in [6.45, 7) is 0.653. The zero-order valence-electron chi connectivity index (χ0n) is 18.0. The number of nitrogens with one attached hydrogen (secondary N) is 2. The lowest BCUT2D eigenvalue weighted by Gasteiger charge is -2.38. The molecule has 5 rings (SSSR count). The van der Waals surface area contributed by atoms with E-state index in [0.717, 1.165) is 31.2 Å². The van der Waals surface area contributed by atoms with Crippen LogP contribution in [0.5, 0.6) is 0 Å². The summed E-state index contributed by atoms with van der Waals surface area (Å²) in [6.07, 6.45) is -1.32. The van der Waals surface area contributed by atoms with E-state index in [9.17, 15) is 27.6 Å². The summed E-state index contributed by atoms with van der Waals surface area (Å²) in [6, 6.07) is 4.27. The van der Waals surface area contributed by atoms with Crippen molar-refractivity contribution in [3.8, 4) is 11.4 Å². The minimum Gasteiger partial charge on any atom is -0.355 e. The Morgan fingerprint density at radius 1 is 1.21 bits per heavy atom. The second-order valence-corrected chi connectivity index (χ2v) is 8.90. The van der Waals surface area contributed by atoms with Crippen LogP contribution in [0.25, 0.3) is 11.4 Å². The molecule has 1 saturated heterocycles. The number of benzene rings is 1. The number of alkyl halides is 3. The van der Waals surface area contributed by atoms with E-state index in [4.69, 9.17) is 0 Å². The van der Waals surface area contributed by atoms with E-state index in [1.807, 2.05) is 0 Å². The van der Waals surface area contributed by atoms with Crippen LogP contribution in [0, 0.1) is 5.92 Å². The molecule has 3 aliphatic rings. The quantitative estimate of drug-likeness (QED) is 0.698. The van der Waals surface area contributed by atoms with Crippen molar-refractivity contribution in [3.05, 3.63) is 35.2 Å². The Bertz CT molecular complexity index is 1150. The summed E-state index contributed by atoms with van der Waals surface area (Å²) in [4.78, 5) is 42.5. The molecule has 0 spiro atoms. The van der Waals surface area contributed by atoms with Gasteiger partial charge in [0.1, 0.15) is 0 Å². The number of hydrogen-bond donors (Lipinski definition) is 2. The van der Waals surface area contributed by atoms with Crippen molar-refractivity contribution in [2.75, 3.05) is 6.54 Å². The van der Waals surface area contributed by atoms with Gasteiger partial charge in [0.05, 0.1) is 12.0 Å². The number of carbonyl (C=O) groups excluding carboxylic acids is 3. The van der Waals surface area contributed by atoms with Gasteiger partial charge in [-0.05, 0) is 24.5 Å². The van der Waals surface area contributed by atoms with Crippen LogP contribution in [0.1, 0.15) is 53.9 Å².